The zero-order valence-electron chi connectivity index (χ0n) is 35.5. The quantitative estimate of drug-likeness (QED) is 0.0201. The summed E-state index contributed by atoms with van der Waals surface area (Å²) >= 11 is 0. The molecule has 0 N–H and O–H groups in total. The first-order valence-electron chi connectivity index (χ1n) is 22.1. The molecule has 0 radical (unpaired) electrons. The van der Waals surface area contributed by atoms with Crippen LogP contribution in [0.1, 0.15) is 194 Å². The summed E-state index contributed by atoms with van der Waals surface area (Å²) in [6, 6.07) is 0. The van der Waals surface area contributed by atoms with E-state index in [4.69, 9.17) is 18.5 Å². The Morgan fingerprint density at radius 2 is 1.04 bits per heavy atom. The van der Waals surface area contributed by atoms with Crippen LogP contribution in [0.25, 0.3) is 0 Å². The zero-order valence-corrected chi connectivity index (χ0v) is 36.4. The summed E-state index contributed by atoms with van der Waals surface area (Å²) in [7, 11) is 1.36. The van der Waals surface area contributed by atoms with E-state index in [0.29, 0.717) is 24.1 Å². The zero-order chi connectivity index (χ0) is 39.1. The molecular formula is C44H86NO7P. The maximum atomic E-state index is 12.7. The van der Waals surface area contributed by atoms with E-state index in [9.17, 15) is 14.3 Å². The number of phosphoric ester groups is 1. The monoisotopic (exact) mass is 772 g/mol. The molecule has 2 unspecified atom stereocenters. The van der Waals surface area contributed by atoms with E-state index in [1.165, 1.54) is 135 Å². The molecule has 0 saturated carbocycles. The number of hydrogen-bond donors (Lipinski definition) is 0. The number of allylic oxidation sites excluding steroid dienone is 4. The van der Waals surface area contributed by atoms with Crippen LogP contribution in [0.4, 0.5) is 0 Å². The second-order valence-corrected chi connectivity index (χ2v) is 17.5. The fourth-order valence-corrected chi connectivity index (χ4v) is 6.78. The minimum Gasteiger partial charge on any atom is -0.756 e. The molecular weight excluding hydrogens is 685 g/mol. The lowest BCUT2D eigenvalue weighted by atomic mass is 10.1. The van der Waals surface area contributed by atoms with Gasteiger partial charge in [0.2, 0.25) is 0 Å². The average molecular weight is 772 g/mol. The Balaban J connectivity index is 4.15. The van der Waals surface area contributed by atoms with Gasteiger partial charge < -0.3 is 27.9 Å². The Kier molecular flexibility index (Phi) is 37.2. The second kappa shape index (κ2) is 37.9. The van der Waals surface area contributed by atoms with Crippen molar-refractivity contribution in [1.29, 1.82) is 0 Å². The van der Waals surface area contributed by atoms with Crippen molar-refractivity contribution in [2.45, 2.75) is 200 Å². The Hall–Kier alpha value is -1.02. The van der Waals surface area contributed by atoms with E-state index in [-0.39, 0.29) is 25.8 Å². The first-order chi connectivity index (χ1) is 25.6. The third kappa shape index (κ3) is 42.0. The highest BCUT2D eigenvalue weighted by atomic mass is 31.2. The van der Waals surface area contributed by atoms with Gasteiger partial charge in [0.1, 0.15) is 19.3 Å². The van der Waals surface area contributed by atoms with Gasteiger partial charge in [0.05, 0.1) is 34.4 Å². The molecule has 53 heavy (non-hydrogen) atoms. The third-order valence-corrected chi connectivity index (χ3v) is 10.5. The second-order valence-electron chi connectivity index (χ2n) is 16.1. The summed E-state index contributed by atoms with van der Waals surface area (Å²) < 4.78 is 34.5. The molecule has 0 saturated heterocycles. The highest BCUT2D eigenvalue weighted by molar-refractivity contribution is 7.45. The van der Waals surface area contributed by atoms with Gasteiger partial charge in [-0.15, -0.1) is 0 Å². The van der Waals surface area contributed by atoms with Gasteiger partial charge in [-0.2, -0.15) is 0 Å². The number of rotatable bonds is 41. The van der Waals surface area contributed by atoms with E-state index in [0.717, 1.165) is 38.5 Å². The molecule has 0 bridgehead atoms. The number of nitrogens with zero attached hydrogens (tertiary/aromatic N) is 1. The summed E-state index contributed by atoms with van der Waals surface area (Å²) in [5, 5.41) is 0. The van der Waals surface area contributed by atoms with Gasteiger partial charge in [-0.25, -0.2) is 0 Å². The van der Waals surface area contributed by atoms with Crippen molar-refractivity contribution in [3.05, 3.63) is 24.3 Å². The van der Waals surface area contributed by atoms with E-state index < -0.39 is 13.9 Å². The largest absolute Gasteiger partial charge is 0.756 e. The molecule has 0 aromatic heterocycles. The Morgan fingerprint density at radius 3 is 1.53 bits per heavy atom. The SMILES string of the molecule is CCCCCCC/C=C\C/C=C\CCCCCCCCCCCC(=O)OC(COCCCCCCCCCCCC)COP(=O)([O-])OCC[N+](C)(C)C. The molecule has 2 atom stereocenters. The summed E-state index contributed by atoms with van der Waals surface area (Å²) in [4.78, 5) is 25.0. The van der Waals surface area contributed by atoms with Crippen LogP contribution >= 0.6 is 7.82 Å². The van der Waals surface area contributed by atoms with Crippen molar-refractivity contribution in [2.75, 3.05) is 54.1 Å². The lowest BCUT2D eigenvalue weighted by Gasteiger charge is -2.28. The fourth-order valence-electron chi connectivity index (χ4n) is 6.05. The highest BCUT2D eigenvalue weighted by Gasteiger charge is 2.20. The first-order valence-corrected chi connectivity index (χ1v) is 23.5. The van der Waals surface area contributed by atoms with E-state index in [2.05, 4.69) is 38.2 Å². The number of phosphoric acid groups is 1. The summed E-state index contributed by atoms with van der Waals surface area (Å²) in [5.74, 6) is -0.337. The van der Waals surface area contributed by atoms with E-state index in [1.54, 1.807) is 0 Å². The van der Waals surface area contributed by atoms with Crippen LogP contribution in [0.3, 0.4) is 0 Å². The van der Waals surface area contributed by atoms with Crippen molar-refractivity contribution >= 4 is 13.8 Å². The van der Waals surface area contributed by atoms with Gasteiger partial charge in [0.15, 0.2) is 0 Å². The van der Waals surface area contributed by atoms with E-state index >= 15 is 0 Å². The summed E-state index contributed by atoms with van der Waals surface area (Å²) in [6.45, 7) is 5.41. The van der Waals surface area contributed by atoms with Gasteiger partial charge in [0, 0.05) is 13.0 Å². The van der Waals surface area contributed by atoms with Crippen LogP contribution in [-0.4, -0.2) is 70.7 Å². The van der Waals surface area contributed by atoms with Gasteiger partial charge in [-0.05, 0) is 44.9 Å². The highest BCUT2D eigenvalue weighted by Crippen LogP contribution is 2.38. The van der Waals surface area contributed by atoms with Gasteiger partial charge in [-0.1, -0.05) is 167 Å². The Morgan fingerprint density at radius 1 is 0.585 bits per heavy atom. The predicted molar refractivity (Wildman–Crippen MR) is 222 cm³/mol. The van der Waals surface area contributed by atoms with Gasteiger partial charge in [-0.3, -0.25) is 9.36 Å². The Labute approximate surface area is 328 Å². The fraction of sp³-hybridized carbons (Fsp3) is 0.886. The number of carbonyl (C=O) groups is 1. The van der Waals surface area contributed by atoms with Crippen LogP contribution in [0.15, 0.2) is 24.3 Å². The average Bonchev–Trinajstić information content (AvgIpc) is 3.11. The standard InChI is InChI=1S/C44H86NO7P/c1-6-8-10-12-14-16-18-19-20-21-22-23-24-25-26-27-28-29-31-33-35-37-44(46)52-43(42-51-53(47,48)50-40-38-45(3,4)5)41-49-39-36-34-32-30-17-15-13-11-9-7-2/h18-19,21-22,43H,6-17,20,23-42H2,1-5H3/b19-18-,22-21-. The molecule has 0 aromatic rings. The van der Waals surface area contributed by atoms with Crippen molar-refractivity contribution in [1.82, 2.24) is 0 Å². The molecule has 0 aliphatic rings. The molecule has 0 spiro atoms. The van der Waals surface area contributed by atoms with Gasteiger partial charge >= 0.3 is 5.97 Å². The van der Waals surface area contributed by atoms with Crippen molar-refractivity contribution < 1.29 is 37.3 Å². The smallest absolute Gasteiger partial charge is 0.306 e. The molecule has 0 aliphatic carbocycles. The topological polar surface area (TPSA) is 94.1 Å². The molecule has 0 amide bonds. The Bertz CT molecular complexity index is 905. The van der Waals surface area contributed by atoms with Crippen molar-refractivity contribution in [3.63, 3.8) is 0 Å². The molecule has 0 aliphatic heterocycles. The molecule has 0 fully saturated rings. The first kappa shape index (κ1) is 52.0. The summed E-state index contributed by atoms with van der Waals surface area (Å²) in [6.07, 6.45) is 41.9. The van der Waals surface area contributed by atoms with Crippen LogP contribution in [-0.2, 0) is 27.9 Å². The number of likely N-dealkylation sites (N-methyl/N-ethyl adjacent to an activating group) is 1. The lowest BCUT2D eigenvalue weighted by Crippen LogP contribution is -2.37. The number of esters is 1. The minimum atomic E-state index is -4.52. The van der Waals surface area contributed by atoms with Crippen LogP contribution < -0.4 is 4.89 Å². The minimum absolute atomic E-state index is 0.0270. The number of hydrogen-bond acceptors (Lipinski definition) is 7. The summed E-state index contributed by atoms with van der Waals surface area (Å²) in [5.41, 5.74) is 0. The maximum absolute atomic E-state index is 12.7. The predicted octanol–water partition coefficient (Wildman–Crippen LogP) is 12.2. The normalized spacial score (nSPS) is 14.0. The molecule has 0 aromatic carbocycles. The molecule has 0 rings (SSSR count). The lowest BCUT2D eigenvalue weighted by molar-refractivity contribution is -0.870. The third-order valence-electron chi connectivity index (χ3n) is 9.51. The van der Waals surface area contributed by atoms with E-state index in [1.807, 2.05) is 21.1 Å². The molecule has 8 nitrogen and oxygen atoms in total. The van der Waals surface area contributed by atoms with Crippen molar-refractivity contribution in [2.24, 2.45) is 0 Å². The van der Waals surface area contributed by atoms with Crippen LogP contribution in [0.5, 0.6) is 0 Å². The molecule has 0 heterocycles. The number of unbranched alkanes of at least 4 members (excludes halogenated alkanes) is 23. The molecule has 9 heteroatoms. The van der Waals surface area contributed by atoms with Gasteiger partial charge in [0.25, 0.3) is 7.82 Å². The number of carbonyl (C=O) groups excluding carboxylic acids is 1. The van der Waals surface area contributed by atoms with Crippen LogP contribution in [0.2, 0.25) is 0 Å². The number of ether oxygens (including phenoxy) is 2. The molecule has 314 valence electrons. The number of quaternary nitrogens is 1. The van der Waals surface area contributed by atoms with Crippen LogP contribution in [0, 0.1) is 0 Å². The maximum Gasteiger partial charge on any atom is 0.306 e. The van der Waals surface area contributed by atoms with Crippen molar-refractivity contribution in [3.8, 4) is 0 Å².